The predicted molar refractivity (Wildman–Crippen MR) is 341 cm³/mol. The molecule has 404 valence electrons. The average molecular weight is 1030 g/mol. The van der Waals surface area contributed by atoms with E-state index in [1.54, 1.807) is 0 Å². The highest BCUT2D eigenvalue weighted by Gasteiger charge is 2.24. The summed E-state index contributed by atoms with van der Waals surface area (Å²) in [7, 11) is 0. The molecule has 0 heterocycles. The van der Waals surface area contributed by atoms with Crippen molar-refractivity contribution in [3.63, 3.8) is 0 Å². The van der Waals surface area contributed by atoms with E-state index in [1.807, 2.05) is 0 Å². The van der Waals surface area contributed by atoms with Crippen molar-refractivity contribution in [1.29, 1.82) is 0 Å². The lowest BCUT2D eigenvalue weighted by Gasteiger charge is -2.25. The van der Waals surface area contributed by atoms with Gasteiger partial charge in [-0.25, -0.2) is 0 Å². The molecule has 0 amide bonds. The van der Waals surface area contributed by atoms with Gasteiger partial charge in [0, 0.05) is 44.5 Å². The van der Waals surface area contributed by atoms with Gasteiger partial charge in [0.15, 0.2) is 0 Å². The molecule has 6 rings (SSSR count). The van der Waals surface area contributed by atoms with Gasteiger partial charge in [-0.15, -0.1) is 0 Å². The summed E-state index contributed by atoms with van der Waals surface area (Å²) in [6, 6.07) is 40.5. The Morgan fingerprint density at radius 3 is 0.436 bits per heavy atom. The van der Waals surface area contributed by atoms with E-state index in [-0.39, 0.29) is 43.3 Å². The van der Waals surface area contributed by atoms with Crippen LogP contribution in [0.3, 0.4) is 0 Å². The minimum Gasteiger partial charge on any atom is -0.0616 e. The van der Waals surface area contributed by atoms with E-state index in [0.29, 0.717) is 0 Å². The van der Waals surface area contributed by atoms with Gasteiger partial charge < -0.3 is 0 Å². The zero-order valence-electron chi connectivity index (χ0n) is 52.5. The number of rotatable bonds is 2. The molecule has 0 saturated heterocycles. The summed E-state index contributed by atoms with van der Waals surface area (Å²) in [5.41, 5.74) is 19.8. The minimum absolute atomic E-state index is 0.0170. The monoisotopic (exact) mass is 1030 g/mol. The van der Waals surface area contributed by atoms with Crippen molar-refractivity contribution < 1.29 is 0 Å². The quantitative estimate of drug-likeness (QED) is 0.120. The second kappa shape index (κ2) is 22.2. The second-order valence-corrected chi connectivity index (χ2v) is 30.2. The standard InChI is InChI=1S/C78H92/c1-71(2,3)63-41-59(42-64(49-63)72(4,5)6)31-27-55-35-53(36-56(39-55)28-32-60-43-65(73(7,8)9)50-66(44-60)74(10,11)12)25-26-54-37-57(29-33-61-45-67(75(13,14)15)51-68(46-61)76(16,17)18)40-58(38-54)30-34-62-47-69(77(19,20)21)52-70(48-62)78(22,23)24/h25-26,35-52H,1-24H3/b26-25+. The fourth-order valence-corrected chi connectivity index (χ4v) is 8.82. The maximum Gasteiger partial charge on any atom is 0.0267 e. The van der Waals surface area contributed by atoms with Crippen molar-refractivity contribution >= 4 is 12.2 Å². The van der Waals surface area contributed by atoms with Gasteiger partial charge in [-0.3, -0.25) is 0 Å². The van der Waals surface area contributed by atoms with Crippen LogP contribution in [0.2, 0.25) is 0 Å². The Morgan fingerprint density at radius 1 is 0.179 bits per heavy atom. The highest BCUT2D eigenvalue weighted by atomic mass is 14.3. The minimum atomic E-state index is -0.0170. The van der Waals surface area contributed by atoms with Gasteiger partial charge in [0.05, 0.1) is 0 Å². The molecule has 0 saturated carbocycles. The highest BCUT2D eigenvalue weighted by Crippen LogP contribution is 2.35. The summed E-state index contributed by atoms with van der Waals surface area (Å²) in [6.07, 6.45) is 4.36. The first kappa shape index (κ1) is 60.5. The second-order valence-electron chi connectivity index (χ2n) is 30.2. The van der Waals surface area contributed by atoms with Crippen molar-refractivity contribution in [2.45, 2.75) is 209 Å². The van der Waals surface area contributed by atoms with Crippen molar-refractivity contribution in [3.8, 4) is 47.4 Å². The Balaban J connectivity index is 1.56. The summed E-state index contributed by atoms with van der Waals surface area (Å²) in [5.74, 6) is 28.8. The normalized spacial score (nSPS) is 12.7. The van der Waals surface area contributed by atoms with Gasteiger partial charge >= 0.3 is 0 Å². The van der Waals surface area contributed by atoms with E-state index in [2.05, 4.69) is 335 Å². The third-order valence-corrected chi connectivity index (χ3v) is 14.4. The SMILES string of the molecule is CC(C)(C)c1cc(C#Cc2cc(C#Cc3cc(C(C)(C)C)cc(C(C)(C)C)c3)cc(/C=C/c3cc(C#Cc4cc(C(C)(C)C)cc(C(C)(C)C)c4)cc(C#Cc4cc(C(C)(C)C)cc(C(C)(C)C)c4)c3)c2)cc(C(C)(C)C)c1. The maximum absolute atomic E-state index is 3.60. The summed E-state index contributed by atoms with van der Waals surface area (Å²) in [5, 5.41) is 0. The Labute approximate surface area is 475 Å². The van der Waals surface area contributed by atoms with E-state index in [4.69, 9.17) is 0 Å². The topological polar surface area (TPSA) is 0 Å². The van der Waals surface area contributed by atoms with Crippen molar-refractivity contribution in [2.24, 2.45) is 0 Å². The van der Waals surface area contributed by atoms with E-state index in [0.717, 1.165) is 55.6 Å². The van der Waals surface area contributed by atoms with Gasteiger partial charge in [-0.1, -0.05) is 250 Å². The van der Waals surface area contributed by atoms with Crippen molar-refractivity contribution in [1.82, 2.24) is 0 Å². The number of benzene rings is 6. The molecule has 0 atom stereocenters. The van der Waals surface area contributed by atoms with Gasteiger partial charge in [0.25, 0.3) is 0 Å². The van der Waals surface area contributed by atoms with Crippen LogP contribution in [0.4, 0.5) is 0 Å². The fourth-order valence-electron chi connectivity index (χ4n) is 8.82. The molecule has 0 spiro atoms. The summed E-state index contributed by atoms with van der Waals surface area (Å²) in [6.45, 7) is 54.5. The molecular formula is C78H92. The van der Waals surface area contributed by atoms with Crippen molar-refractivity contribution in [3.05, 3.63) is 209 Å². The molecule has 0 radical (unpaired) electrons. The number of hydrogen-bond donors (Lipinski definition) is 0. The molecular weight excluding hydrogens is 937 g/mol. The van der Waals surface area contributed by atoms with Crippen LogP contribution in [0, 0.1) is 47.4 Å². The van der Waals surface area contributed by atoms with E-state index < -0.39 is 0 Å². The molecule has 0 heteroatoms. The van der Waals surface area contributed by atoms with Crippen LogP contribution in [-0.2, 0) is 43.3 Å². The van der Waals surface area contributed by atoms with Gasteiger partial charge in [-0.05, 0) is 184 Å². The molecule has 0 fully saturated rings. The first-order valence-electron chi connectivity index (χ1n) is 28.3. The molecule has 6 aromatic rings. The zero-order chi connectivity index (χ0) is 58.2. The van der Waals surface area contributed by atoms with E-state index in [1.165, 1.54) is 44.5 Å². The highest BCUT2D eigenvalue weighted by molar-refractivity contribution is 5.73. The Bertz CT molecular complexity index is 2920. The summed E-state index contributed by atoms with van der Waals surface area (Å²) in [4.78, 5) is 0. The Hall–Kier alpha value is -6.70. The maximum atomic E-state index is 3.60. The van der Waals surface area contributed by atoms with E-state index in [9.17, 15) is 0 Å². The van der Waals surface area contributed by atoms with Crippen molar-refractivity contribution in [2.75, 3.05) is 0 Å². The molecule has 0 aromatic heterocycles. The van der Waals surface area contributed by atoms with Crippen LogP contribution in [0.5, 0.6) is 0 Å². The molecule has 0 aliphatic rings. The third kappa shape index (κ3) is 16.9. The lowest BCUT2D eigenvalue weighted by molar-refractivity contribution is 0.567. The summed E-state index contributed by atoms with van der Waals surface area (Å²) < 4.78 is 0. The largest absolute Gasteiger partial charge is 0.0616 e. The first-order chi connectivity index (χ1) is 35.6. The molecule has 0 bridgehead atoms. The zero-order valence-corrected chi connectivity index (χ0v) is 52.5. The van der Waals surface area contributed by atoms with Gasteiger partial charge in [-0.2, -0.15) is 0 Å². The molecule has 6 aromatic carbocycles. The van der Waals surface area contributed by atoms with E-state index >= 15 is 0 Å². The number of hydrogen-bond acceptors (Lipinski definition) is 0. The average Bonchev–Trinajstić information content (AvgIpc) is 3.32. The molecule has 0 aliphatic carbocycles. The fraction of sp³-hybridized carbons (Fsp3) is 0.410. The smallest absolute Gasteiger partial charge is 0.0267 e. The molecule has 0 nitrogen and oxygen atoms in total. The van der Waals surface area contributed by atoms with Crippen LogP contribution in [0.1, 0.15) is 266 Å². The van der Waals surface area contributed by atoms with Crippen LogP contribution < -0.4 is 0 Å². The van der Waals surface area contributed by atoms with Crippen LogP contribution in [-0.4, -0.2) is 0 Å². The van der Waals surface area contributed by atoms with Gasteiger partial charge in [0.1, 0.15) is 0 Å². The Morgan fingerprint density at radius 2 is 0.308 bits per heavy atom. The lowest BCUT2D eigenvalue weighted by Crippen LogP contribution is -2.16. The van der Waals surface area contributed by atoms with Crippen LogP contribution in [0.15, 0.2) is 109 Å². The first-order valence-corrected chi connectivity index (χ1v) is 28.3. The van der Waals surface area contributed by atoms with Gasteiger partial charge in [0.2, 0.25) is 0 Å². The summed E-state index contributed by atoms with van der Waals surface area (Å²) >= 11 is 0. The third-order valence-electron chi connectivity index (χ3n) is 14.4. The predicted octanol–water partition coefficient (Wildman–Crippen LogP) is 19.8. The molecule has 0 N–H and O–H groups in total. The van der Waals surface area contributed by atoms with Crippen LogP contribution >= 0.6 is 0 Å². The molecule has 78 heavy (non-hydrogen) atoms. The molecule has 0 aliphatic heterocycles. The van der Waals surface area contributed by atoms with Crippen LogP contribution in [0.25, 0.3) is 12.2 Å². The molecule has 0 unspecified atom stereocenters. The Kier molecular flexibility index (Phi) is 17.2. The lowest BCUT2D eigenvalue weighted by atomic mass is 9.79.